The highest BCUT2D eigenvalue weighted by Gasteiger charge is 2.26. The highest BCUT2D eigenvalue weighted by molar-refractivity contribution is 6.06. The molecule has 1 aliphatic rings. The number of aromatic nitrogens is 2. The summed E-state index contributed by atoms with van der Waals surface area (Å²) in [6, 6.07) is 17.0. The number of para-hydroxylation sites is 1. The van der Waals surface area contributed by atoms with Crippen LogP contribution in [0.5, 0.6) is 11.5 Å². The first-order chi connectivity index (χ1) is 14.2. The lowest BCUT2D eigenvalue weighted by molar-refractivity contribution is 0.0984. The topological polar surface area (TPSA) is 76.6 Å². The van der Waals surface area contributed by atoms with E-state index in [0.29, 0.717) is 31.2 Å². The van der Waals surface area contributed by atoms with Crippen LogP contribution in [0.15, 0.2) is 60.9 Å². The van der Waals surface area contributed by atoms with E-state index in [0.717, 1.165) is 23.6 Å². The third-order valence-corrected chi connectivity index (χ3v) is 4.75. The van der Waals surface area contributed by atoms with E-state index in [9.17, 15) is 4.79 Å². The predicted molar refractivity (Wildman–Crippen MR) is 111 cm³/mol. The minimum atomic E-state index is -0.116. The summed E-state index contributed by atoms with van der Waals surface area (Å²) >= 11 is 0. The first-order valence-corrected chi connectivity index (χ1v) is 9.47. The molecule has 0 saturated heterocycles. The molecule has 2 aromatic carbocycles. The number of methoxy groups -OCH3 is 1. The number of nitrogens with one attached hydrogen (secondary N) is 1. The van der Waals surface area contributed by atoms with Crippen LogP contribution in [-0.4, -0.2) is 42.7 Å². The smallest absolute Gasteiger partial charge is 0.277 e. The van der Waals surface area contributed by atoms with Crippen molar-refractivity contribution in [3.63, 3.8) is 0 Å². The van der Waals surface area contributed by atoms with E-state index in [1.807, 2.05) is 42.5 Å². The maximum Gasteiger partial charge on any atom is 0.277 e. The molecule has 2 heterocycles. The monoisotopic (exact) mass is 390 g/mol. The molecular weight excluding hydrogens is 368 g/mol. The van der Waals surface area contributed by atoms with E-state index in [1.54, 1.807) is 18.1 Å². The molecular formula is C22H22N4O3. The molecule has 1 aromatic heterocycles. The van der Waals surface area contributed by atoms with Gasteiger partial charge < -0.3 is 19.7 Å². The summed E-state index contributed by atoms with van der Waals surface area (Å²) in [5.74, 6) is 2.03. The lowest BCUT2D eigenvalue weighted by Crippen LogP contribution is -2.29. The average molecular weight is 390 g/mol. The van der Waals surface area contributed by atoms with Crippen molar-refractivity contribution >= 4 is 17.4 Å². The highest BCUT2D eigenvalue weighted by atomic mass is 16.5. The largest absolute Gasteiger partial charge is 0.497 e. The summed E-state index contributed by atoms with van der Waals surface area (Å²) in [5, 5.41) is 3.17. The van der Waals surface area contributed by atoms with Gasteiger partial charge in [-0.05, 0) is 42.3 Å². The minimum Gasteiger partial charge on any atom is -0.497 e. The summed E-state index contributed by atoms with van der Waals surface area (Å²) in [4.78, 5) is 23.0. The van der Waals surface area contributed by atoms with Crippen LogP contribution in [0.4, 0.5) is 11.5 Å². The number of benzene rings is 2. The molecule has 0 aliphatic carbocycles. The highest BCUT2D eigenvalue weighted by Crippen LogP contribution is 2.28. The number of amides is 1. The van der Waals surface area contributed by atoms with Crippen LogP contribution in [0.25, 0.3) is 0 Å². The summed E-state index contributed by atoms with van der Waals surface area (Å²) in [6.45, 7) is 1.67. The molecule has 1 aliphatic heterocycles. The maximum absolute atomic E-state index is 12.9. The van der Waals surface area contributed by atoms with Gasteiger partial charge in [-0.3, -0.25) is 4.79 Å². The van der Waals surface area contributed by atoms with Crippen LogP contribution in [0, 0.1) is 0 Å². The number of fused-ring (bicyclic) bond motifs is 1. The van der Waals surface area contributed by atoms with Gasteiger partial charge >= 0.3 is 0 Å². The summed E-state index contributed by atoms with van der Waals surface area (Å²) < 4.78 is 10.8. The normalized spacial score (nSPS) is 12.4. The Labute approximate surface area is 169 Å². The SMILES string of the molecule is COc1ccc(OCCNc2cc(C(=O)N3CCc4ccccc43)ncn2)cc1. The Hall–Kier alpha value is -3.61. The predicted octanol–water partition coefficient (Wildman–Crippen LogP) is 3.18. The number of nitrogens with zero attached hydrogens (tertiary/aromatic N) is 3. The van der Waals surface area contributed by atoms with Crippen molar-refractivity contribution in [1.82, 2.24) is 9.97 Å². The van der Waals surface area contributed by atoms with Crippen molar-refractivity contribution < 1.29 is 14.3 Å². The molecule has 148 valence electrons. The molecule has 7 heteroatoms. The van der Waals surface area contributed by atoms with Crippen LogP contribution in [0.2, 0.25) is 0 Å². The number of carbonyl (C=O) groups is 1. The zero-order valence-electron chi connectivity index (χ0n) is 16.2. The minimum absolute atomic E-state index is 0.116. The second-order valence-corrected chi connectivity index (χ2v) is 6.57. The summed E-state index contributed by atoms with van der Waals surface area (Å²) in [7, 11) is 1.63. The number of rotatable bonds is 7. The van der Waals surface area contributed by atoms with Gasteiger partial charge in [0.2, 0.25) is 0 Å². The molecule has 29 heavy (non-hydrogen) atoms. The quantitative estimate of drug-likeness (QED) is 0.625. The molecule has 4 rings (SSSR count). The zero-order valence-corrected chi connectivity index (χ0v) is 16.2. The van der Waals surface area contributed by atoms with E-state index >= 15 is 0 Å². The van der Waals surface area contributed by atoms with Gasteiger partial charge in [-0.2, -0.15) is 0 Å². The lowest BCUT2D eigenvalue weighted by atomic mass is 10.2. The van der Waals surface area contributed by atoms with Gasteiger partial charge in [0.15, 0.2) is 0 Å². The number of hydrogen-bond acceptors (Lipinski definition) is 6. The standard InChI is InChI=1S/C22H22N4O3/c1-28-17-6-8-18(9-7-17)29-13-11-23-21-14-19(24-15-25-21)22(27)26-12-10-16-4-2-3-5-20(16)26/h2-9,14-15H,10-13H2,1H3,(H,23,24,25). The average Bonchev–Trinajstić information content (AvgIpc) is 3.21. The van der Waals surface area contributed by atoms with Crippen LogP contribution in [0.1, 0.15) is 16.1 Å². The van der Waals surface area contributed by atoms with E-state index < -0.39 is 0 Å². The Bertz CT molecular complexity index is 991. The van der Waals surface area contributed by atoms with Crippen molar-refractivity contribution in [2.45, 2.75) is 6.42 Å². The number of hydrogen-bond donors (Lipinski definition) is 1. The maximum atomic E-state index is 12.9. The van der Waals surface area contributed by atoms with Gasteiger partial charge in [0.1, 0.15) is 35.9 Å². The first kappa shape index (κ1) is 18.7. The van der Waals surface area contributed by atoms with Gasteiger partial charge in [-0.25, -0.2) is 9.97 Å². The Morgan fingerprint density at radius 3 is 2.72 bits per heavy atom. The third kappa shape index (κ3) is 4.29. The second-order valence-electron chi connectivity index (χ2n) is 6.57. The lowest BCUT2D eigenvalue weighted by Gasteiger charge is -2.17. The van der Waals surface area contributed by atoms with Gasteiger partial charge in [0.05, 0.1) is 13.7 Å². The van der Waals surface area contributed by atoms with Crippen molar-refractivity contribution in [3.8, 4) is 11.5 Å². The van der Waals surface area contributed by atoms with Crippen LogP contribution < -0.4 is 19.7 Å². The Morgan fingerprint density at radius 1 is 1.10 bits per heavy atom. The molecule has 0 radical (unpaired) electrons. The summed E-state index contributed by atoms with van der Waals surface area (Å²) in [5.41, 5.74) is 2.51. The van der Waals surface area contributed by atoms with Gasteiger partial charge in [-0.1, -0.05) is 18.2 Å². The van der Waals surface area contributed by atoms with Crippen LogP contribution in [0.3, 0.4) is 0 Å². The molecule has 0 unspecified atom stereocenters. The molecule has 0 saturated carbocycles. The van der Waals surface area contributed by atoms with Crippen molar-refractivity contribution in [2.75, 3.05) is 37.0 Å². The van der Waals surface area contributed by atoms with Gasteiger partial charge in [-0.15, -0.1) is 0 Å². The van der Waals surface area contributed by atoms with Gasteiger partial charge in [0, 0.05) is 18.3 Å². The fraction of sp³-hybridized carbons (Fsp3) is 0.227. The van der Waals surface area contributed by atoms with Gasteiger partial charge in [0.25, 0.3) is 5.91 Å². The van der Waals surface area contributed by atoms with E-state index in [4.69, 9.17) is 9.47 Å². The molecule has 0 atom stereocenters. The van der Waals surface area contributed by atoms with Crippen LogP contribution in [-0.2, 0) is 6.42 Å². The number of anilines is 2. The molecule has 1 amide bonds. The van der Waals surface area contributed by atoms with Crippen molar-refractivity contribution in [3.05, 3.63) is 72.2 Å². The fourth-order valence-corrected chi connectivity index (χ4v) is 3.28. The summed E-state index contributed by atoms with van der Waals surface area (Å²) in [6.07, 6.45) is 2.27. The van der Waals surface area contributed by atoms with Crippen LogP contribution >= 0.6 is 0 Å². The Morgan fingerprint density at radius 2 is 1.90 bits per heavy atom. The molecule has 0 bridgehead atoms. The molecule has 0 spiro atoms. The number of carbonyl (C=O) groups excluding carboxylic acids is 1. The van der Waals surface area contributed by atoms with E-state index in [-0.39, 0.29) is 5.91 Å². The molecule has 1 N–H and O–H groups in total. The fourth-order valence-electron chi connectivity index (χ4n) is 3.28. The number of ether oxygens (including phenoxy) is 2. The van der Waals surface area contributed by atoms with Crippen molar-refractivity contribution in [1.29, 1.82) is 0 Å². The molecule has 7 nitrogen and oxygen atoms in total. The first-order valence-electron chi connectivity index (χ1n) is 9.47. The van der Waals surface area contributed by atoms with E-state index in [1.165, 1.54) is 11.9 Å². The second kappa shape index (κ2) is 8.60. The third-order valence-electron chi connectivity index (χ3n) is 4.75. The Kier molecular flexibility index (Phi) is 5.56. The van der Waals surface area contributed by atoms with E-state index in [2.05, 4.69) is 21.4 Å². The molecule has 3 aromatic rings. The van der Waals surface area contributed by atoms with Crippen molar-refractivity contribution in [2.24, 2.45) is 0 Å². The zero-order chi connectivity index (χ0) is 20.1. The molecule has 0 fully saturated rings. The Balaban J connectivity index is 1.33.